The summed E-state index contributed by atoms with van der Waals surface area (Å²) in [6, 6.07) is 13.4. The molecule has 0 aliphatic carbocycles. The van der Waals surface area contributed by atoms with Crippen molar-refractivity contribution in [1.82, 2.24) is 4.98 Å². The molecule has 0 aliphatic rings. The molecule has 2 aromatic rings. The van der Waals surface area contributed by atoms with Crippen LogP contribution in [0.1, 0.15) is 31.0 Å². The fraction of sp³-hybridized carbons (Fsp3) is 0.200. The molecule has 90 valence electrons. The van der Waals surface area contributed by atoms with Crippen LogP contribution >= 0.6 is 0 Å². The van der Waals surface area contributed by atoms with Gasteiger partial charge in [-0.1, -0.05) is 32.0 Å². The third-order valence-corrected chi connectivity index (χ3v) is 2.64. The molecule has 0 N–H and O–H groups in total. The second kappa shape index (κ2) is 5.33. The van der Waals surface area contributed by atoms with Crippen molar-refractivity contribution in [1.29, 1.82) is 5.26 Å². The molecule has 18 heavy (non-hydrogen) atoms. The standard InChI is InChI=1S/C15H14N2O/c1-11(2)12-6-3-4-7-14(12)18-15-8-5-9-17-13(15)10-16/h3-9,11H,1-2H3. The van der Waals surface area contributed by atoms with Gasteiger partial charge >= 0.3 is 0 Å². The van der Waals surface area contributed by atoms with E-state index in [1.807, 2.05) is 30.3 Å². The number of ether oxygens (including phenoxy) is 1. The molecule has 1 heterocycles. The third kappa shape index (κ3) is 2.49. The predicted octanol–water partition coefficient (Wildman–Crippen LogP) is 3.87. The summed E-state index contributed by atoms with van der Waals surface area (Å²) in [7, 11) is 0. The van der Waals surface area contributed by atoms with Gasteiger partial charge < -0.3 is 4.74 Å². The Balaban J connectivity index is 2.38. The van der Waals surface area contributed by atoms with Crippen molar-refractivity contribution in [3.63, 3.8) is 0 Å². The number of benzene rings is 1. The SMILES string of the molecule is CC(C)c1ccccc1Oc1cccnc1C#N. The third-order valence-electron chi connectivity index (χ3n) is 2.64. The van der Waals surface area contributed by atoms with E-state index in [1.165, 1.54) is 0 Å². The average Bonchev–Trinajstić information content (AvgIpc) is 2.40. The molecule has 0 aliphatic heterocycles. The van der Waals surface area contributed by atoms with Crippen LogP contribution in [0, 0.1) is 11.3 Å². The zero-order valence-electron chi connectivity index (χ0n) is 10.4. The highest BCUT2D eigenvalue weighted by Gasteiger charge is 2.10. The van der Waals surface area contributed by atoms with E-state index in [0.29, 0.717) is 17.4 Å². The first-order valence-electron chi connectivity index (χ1n) is 5.84. The van der Waals surface area contributed by atoms with Gasteiger partial charge in [0, 0.05) is 6.20 Å². The normalized spacial score (nSPS) is 10.1. The molecule has 0 atom stereocenters. The number of rotatable bonds is 3. The van der Waals surface area contributed by atoms with E-state index in [0.717, 1.165) is 11.3 Å². The second-order valence-electron chi connectivity index (χ2n) is 4.26. The van der Waals surface area contributed by atoms with Crippen LogP contribution < -0.4 is 4.74 Å². The van der Waals surface area contributed by atoms with Crippen LogP contribution in [-0.2, 0) is 0 Å². The first-order valence-corrected chi connectivity index (χ1v) is 5.84. The maximum absolute atomic E-state index is 8.98. The Hall–Kier alpha value is -2.34. The molecular formula is C15H14N2O. The van der Waals surface area contributed by atoms with Crippen LogP contribution in [0.3, 0.4) is 0 Å². The summed E-state index contributed by atoms with van der Waals surface area (Å²) in [6.07, 6.45) is 1.58. The Morgan fingerprint density at radius 3 is 2.56 bits per heavy atom. The van der Waals surface area contributed by atoms with Crippen molar-refractivity contribution in [2.45, 2.75) is 19.8 Å². The highest BCUT2D eigenvalue weighted by molar-refractivity contribution is 5.43. The van der Waals surface area contributed by atoms with E-state index < -0.39 is 0 Å². The lowest BCUT2D eigenvalue weighted by molar-refractivity contribution is 0.469. The minimum Gasteiger partial charge on any atom is -0.454 e. The lowest BCUT2D eigenvalue weighted by Crippen LogP contribution is -1.96. The molecule has 0 unspecified atom stereocenters. The molecule has 1 aromatic heterocycles. The molecule has 0 radical (unpaired) electrons. The quantitative estimate of drug-likeness (QED) is 0.815. The molecular weight excluding hydrogens is 224 g/mol. The topological polar surface area (TPSA) is 45.9 Å². The fourth-order valence-electron chi connectivity index (χ4n) is 1.73. The van der Waals surface area contributed by atoms with Crippen molar-refractivity contribution in [3.05, 3.63) is 53.9 Å². The summed E-state index contributed by atoms with van der Waals surface area (Å²) in [5, 5.41) is 8.98. The fourth-order valence-corrected chi connectivity index (χ4v) is 1.73. The Kier molecular flexibility index (Phi) is 3.59. The van der Waals surface area contributed by atoms with Gasteiger partial charge in [0.05, 0.1) is 0 Å². The predicted molar refractivity (Wildman–Crippen MR) is 69.6 cm³/mol. The van der Waals surface area contributed by atoms with Gasteiger partial charge in [-0.3, -0.25) is 0 Å². The molecule has 0 fully saturated rings. The van der Waals surface area contributed by atoms with E-state index in [-0.39, 0.29) is 0 Å². The van der Waals surface area contributed by atoms with Crippen molar-refractivity contribution < 1.29 is 4.74 Å². The lowest BCUT2D eigenvalue weighted by atomic mass is 10.0. The van der Waals surface area contributed by atoms with Crippen LogP contribution in [0.25, 0.3) is 0 Å². The highest BCUT2D eigenvalue weighted by Crippen LogP contribution is 2.30. The van der Waals surface area contributed by atoms with Gasteiger partial charge in [-0.15, -0.1) is 0 Å². The first kappa shape index (κ1) is 12.1. The number of nitrogens with zero attached hydrogens (tertiary/aromatic N) is 2. The van der Waals surface area contributed by atoms with Gasteiger partial charge in [-0.05, 0) is 29.7 Å². The maximum atomic E-state index is 8.98. The Morgan fingerprint density at radius 1 is 1.11 bits per heavy atom. The van der Waals surface area contributed by atoms with Gasteiger partial charge in [0.25, 0.3) is 0 Å². The van der Waals surface area contributed by atoms with Gasteiger partial charge in [0.1, 0.15) is 11.8 Å². The molecule has 2 rings (SSSR count). The minimum absolute atomic E-state index is 0.302. The summed E-state index contributed by atoms with van der Waals surface area (Å²) < 4.78 is 5.81. The number of hydrogen-bond acceptors (Lipinski definition) is 3. The largest absolute Gasteiger partial charge is 0.454 e. The van der Waals surface area contributed by atoms with Crippen molar-refractivity contribution in [2.75, 3.05) is 0 Å². The number of pyridine rings is 1. The molecule has 0 spiro atoms. The van der Waals surface area contributed by atoms with E-state index in [2.05, 4.69) is 18.8 Å². The van der Waals surface area contributed by atoms with Crippen molar-refractivity contribution >= 4 is 0 Å². The van der Waals surface area contributed by atoms with Crippen LogP contribution in [0.4, 0.5) is 0 Å². The van der Waals surface area contributed by atoms with E-state index in [4.69, 9.17) is 10.00 Å². The highest BCUT2D eigenvalue weighted by atomic mass is 16.5. The maximum Gasteiger partial charge on any atom is 0.183 e. The summed E-state index contributed by atoms with van der Waals surface area (Å²) in [5.74, 6) is 1.63. The second-order valence-corrected chi connectivity index (χ2v) is 4.26. The monoisotopic (exact) mass is 238 g/mol. The van der Waals surface area contributed by atoms with Crippen LogP contribution in [0.15, 0.2) is 42.6 Å². The summed E-state index contributed by atoms with van der Waals surface area (Å²) >= 11 is 0. The van der Waals surface area contributed by atoms with E-state index in [9.17, 15) is 0 Å². The zero-order valence-corrected chi connectivity index (χ0v) is 10.4. The molecule has 0 saturated carbocycles. The summed E-state index contributed by atoms with van der Waals surface area (Å²) in [4.78, 5) is 3.98. The Bertz CT molecular complexity index is 585. The number of aromatic nitrogens is 1. The molecule has 0 amide bonds. The smallest absolute Gasteiger partial charge is 0.183 e. The van der Waals surface area contributed by atoms with Gasteiger partial charge in [0.2, 0.25) is 0 Å². The van der Waals surface area contributed by atoms with E-state index in [1.54, 1.807) is 18.3 Å². The van der Waals surface area contributed by atoms with Crippen molar-refractivity contribution in [2.24, 2.45) is 0 Å². The molecule has 3 nitrogen and oxygen atoms in total. The average molecular weight is 238 g/mol. The van der Waals surface area contributed by atoms with Gasteiger partial charge in [-0.25, -0.2) is 4.98 Å². The number of nitriles is 1. The molecule has 0 bridgehead atoms. The molecule has 0 saturated heterocycles. The van der Waals surface area contributed by atoms with Gasteiger partial charge in [-0.2, -0.15) is 5.26 Å². The summed E-state index contributed by atoms with van der Waals surface area (Å²) in [5.41, 5.74) is 1.42. The van der Waals surface area contributed by atoms with Crippen LogP contribution in [0.5, 0.6) is 11.5 Å². The molecule has 1 aromatic carbocycles. The zero-order chi connectivity index (χ0) is 13.0. The minimum atomic E-state index is 0.302. The van der Waals surface area contributed by atoms with Gasteiger partial charge in [0.15, 0.2) is 11.4 Å². The van der Waals surface area contributed by atoms with Crippen LogP contribution in [0.2, 0.25) is 0 Å². The number of para-hydroxylation sites is 1. The Labute approximate surface area is 107 Å². The number of hydrogen-bond donors (Lipinski definition) is 0. The van der Waals surface area contributed by atoms with E-state index >= 15 is 0 Å². The first-order chi connectivity index (χ1) is 8.72. The lowest BCUT2D eigenvalue weighted by Gasteiger charge is -2.13. The molecule has 3 heteroatoms. The summed E-state index contributed by atoms with van der Waals surface area (Å²) in [6.45, 7) is 4.22. The Morgan fingerprint density at radius 2 is 1.83 bits per heavy atom. The van der Waals surface area contributed by atoms with Crippen LogP contribution in [-0.4, -0.2) is 4.98 Å². The van der Waals surface area contributed by atoms with Crippen molar-refractivity contribution in [3.8, 4) is 17.6 Å².